The molecule has 0 N–H and O–H groups in total. The Morgan fingerprint density at radius 2 is 1.38 bits per heavy atom. The summed E-state index contributed by atoms with van der Waals surface area (Å²) in [4.78, 5) is 12.1. The van der Waals surface area contributed by atoms with Crippen molar-refractivity contribution in [1.82, 2.24) is 0 Å². The van der Waals surface area contributed by atoms with E-state index in [1.807, 2.05) is 0 Å². The van der Waals surface area contributed by atoms with Gasteiger partial charge in [-0.25, -0.2) is 8.42 Å². The van der Waals surface area contributed by atoms with E-state index in [1.54, 1.807) is 0 Å². The molecule has 4 bridgehead atoms. The predicted octanol–water partition coefficient (Wildman–Crippen LogP) is -0.0433. The SMILES string of the molecule is O=C([N-]S(=O)(=O)C(F)(F)F)C12CC3CC(CC(C3)C1)C2.[Na+]. The summed E-state index contributed by atoms with van der Waals surface area (Å²) < 4.78 is 61.7. The zero-order valence-corrected chi connectivity index (χ0v) is 14.5. The molecule has 0 spiro atoms. The molecule has 21 heavy (non-hydrogen) atoms. The third-order valence-corrected chi connectivity index (χ3v) is 5.98. The summed E-state index contributed by atoms with van der Waals surface area (Å²) in [7, 11) is -5.72. The maximum Gasteiger partial charge on any atom is 1.00 e. The molecule has 1 amide bonds. The molecule has 114 valence electrons. The van der Waals surface area contributed by atoms with Gasteiger partial charge in [-0.3, -0.25) is 0 Å². The second-order valence-corrected chi connectivity index (χ2v) is 8.11. The number of nitrogens with zero attached hydrogens (tertiary/aromatic N) is 1. The van der Waals surface area contributed by atoms with Crippen molar-refractivity contribution < 1.29 is 55.9 Å². The molecule has 4 saturated carbocycles. The number of hydrogen-bond acceptors (Lipinski definition) is 3. The van der Waals surface area contributed by atoms with Crippen LogP contribution in [0.15, 0.2) is 0 Å². The minimum Gasteiger partial charge on any atom is -0.538 e. The molecule has 0 aliphatic heterocycles. The smallest absolute Gasteiger partial charge is 0.538 e. The van der Waals surface area contributed by atoms with Crippen LogP contribution in [0.5, 0.6) is 0 Å². The Morgan fingerprint density at radius 3 is 1.71 bits per heavy atom. The van der Waals surface area contributed by atoms with Crippen LogP contribution in [0.25, 0.3) is 4.72 Å². The normalized spacial score (nSPS) is 38.0. The Bertz CT molecular complexity index is 511. The van der Waals surface area contributed by atoms with Crippen molar-refractivity contribution in [3.63, 3.8) is 0 Å². The summed E-state index contributed by atoms with van der Waals surface area (Å²) in [6.45, 7) is 0. The molecule has 9 heteroatoms. The average molecular weight is 333 g/mol. The first kappa shape index (κ1) is 17.6. The van der Waals surface area contributed by atoms with E-state index in [4.69, 9.17) is 0 Å². The van der Waals surface area contributed by atoms with E-state index in [0.29, 0.717) is 37.0 Å². The maximum atomic E-state index is 12.3. The third-order valence-electron chi connectivity index (χ3n) is 4.99. The van der Waals surface area contributed by atoms with Gasteiger partial charge in [0.15, 0.2) is 10.0 Å². The summed E-state index contributed by atoms with van der Waals surface area (Å²) >= 11 is 0. The predicted molar refractivity (Wildman–Crippen MR) is 63.9 cm³/mol. The molecule has 0 unspecified atom stereocenters. The van der Waals surface area contributed by atoms with Gasteiger partial charge in [-0.2, -0.15) is 13.2 Å². The molecule has 4 nitrogen and oxygen atoms in total. The standard InChI is InChI=1S/C12H16F3NO3S.Na/c13-12(14,15)20(18,19)16-10(17)11-4-7-1-8(5-11)3-9(2-7)6-11;/h7-9H,1-6H2,(H,16,17);/q;+1/p-1. The minimum absolute atomic E-state index is 0. The van der Waals surface area contributed by atoms with Crippen LogP contribution >= 0.6 is 0 Å². The maximum absolute atomic E-state index is 12.3. The molecule has 0 saturated heterocycles. The van der Waals surface area contributed by atoms with Crippen LogP contribution in [0.4, 0.5) is 13.2 Å². The quantitative estimate of drug-likeness (QED) is 0.666. The zero-order valence-electron chi connectivity index (χ0n) is 11.7. The van der Waals surface area contributed by atoms with Crippen molar-refractivity contribution >= 4 is 15.9 Å². The average Bonchev–Trinajstić information content (AvgIpc) is 2.24. The van der Waals surface area contributed by atoms with Crippen LogP contribution in [-0.4, -0.2) is 19.8 Å². The Kier molecular flexibility index (Phi) is 4.50. The monoisotopic (exact) mass is 333 g/mol. The largest absolute Gasteiger partial charge is 1.00 e. The van der Waals surface area contributed by atoms with Gasteiger partial charge in [0.1, 0.15) is 0 Å². The Labute approximate surface area is 143 Å². The fraction of sp³-hybridized carbons (Fsp3) is 0.917. The number of hydrogen-bond donors (Lipinski definition) is 0. The van der Waals surface area contributed by atoms with Gasteiger partial charge in [-0.1, -0.05) is 0 Å². The van der Waals surface area contributed by atoms with Gasteiger partial charge in [0.05, 0.1) is 5.91 Å². The van der Waals surface area contributed by atoms with E-state index in [1.165, 1.54) is 0 Å². The van der Waals surface area contributed by atoms with Crippen LogP contribution in [0.3, 0.4) is 0 Å². The second-order valence-electron chi connectivity index (χ2n) is 6.52. The van der Waals surface area contributed by atoms with Gasteiger partial charge >= 0.3 is 35.1 Å². The Hall–Kier alpha value is 0.210. The van der Waals surface area contributed by atoms with E-state index >= 15 is 0 Å². The molecule has 0 aromatic rings. The van der Waals surface area contributed by atoms with Gasteiger partial charge in [0.25, 0.3) is 0 Å². The molecule has 4 fully saturated rings. The summed E-state index contributed by atoms with van der Waals surface area (Å²) in [6.07, 6.45) is 4.52. The van der Waals surface area contributed by atoms with Crippen LogP contribution in [0.2, 0.25) is 0 Å². The Morgan fingerprint density at radius 1 is 1.00 bits per heavy atom. The minimum atomic E-state index is -5.72. The summed E-state index contributed by atoms with van der Waals surface area (Å²) in [5.74, 6) is -0.0501. The molecule has 0 heterocycles. The van der Waals surface area contributed by atoms with Crippen LogP contribution < -0.4 is 29.6 Å². The molecule has 4 aliphatic carbocycles. The van der Waals surface area contributed by atoms with Crippen molar-refractivity contribution in [2.45, 2.75) is 44.0 Å². The van der Waals surface area contributed by atoms with E-state index in [0.717, 1.165) is 19.3 Å². The molecular formula is C12H15F3NNaO3S. The summed E-state index contributed by atoms with van der Waals surface area (Å²) in [6, 6.07) is 0. The van der Waals surface area contributed by atoms with Crippen LogP contribution in [-0.2, 0) is 14.8 Å². The van der Waals surface area contributed by atoms with Gasteiger partial charge < -0.3 is 9.52 Å². The topological polar surface area (TPSA) is 65.3 Å². The van der Waals surface area contributed by atoms with Crippen molar-refractivity contribution in [2.75, 3.05) is 0 Å². The molecule has 4 aliphatic rings. The fourth-order valence-electron chi connectivity index (χ4n) is 4.63. The van der Waals surface area contributed by atoms with Gasteiger partial charge in [-0.15, -0.1) is 0 Å². The number of halogens is 3. The van der Waals surface area contributed by atoms with Gasteiger partial charge in [-0.05, 0) is 56.3 Å². The van der Waals surface area contributed by atoms with E-state index < -0.39 is 26.9 Å². The van der Waals surface area contributed by atoms with Crippen molar-refractivity contribution in [3.05, 3.63) is 4.72 Å². The number of carbonyl (C=O) groups is 1. The number of carbonyl (C=O) groups excluding carboxylic acids is 1. The van der Waals surface area contributed by atoms with E-state index in [9.17, 15) is 26.4 Å². The fourth-order valence-corrected chi connectivity index (χ4v) is 5.15. The van der Waals surface area contributed by atoms with E-state index in [2.05, 4.69) is 4.72 Å². The van der Waals surface area contributed by atoms with Gasteiger partial charge in [0, 0.05) is 5.41 Å². The van der Waals surface area contributed by atoms with E-state index in [-0.39, 0.29) is 29.6 Å². The van der Waals surface area contributed by atoms with Gasteiger partial charge in [0.2, 0.25) is 0 Å². The second kappa shape index (κ2) is 5.39. The summed E-state index contributed by atoms with van der Waals surface area (Å²) in [5.41, 5.74) is -6.45. The first-order valence-corrected chi connectivity index (χ1v) is 8.14. The Balaban J connectivity index is 0.00000161. The number of rotatable bonds is 2. The molecular weight excluding hydrogens is 318 g/mol. The number of alkyl halides is 3. The van der Waals surface area contributed by atoms with Crippen molar-refractivity contribution in [2.24, 2.45) is 23.2 Å². The molecule has 0 aromatic carbocycles. The number of amides is 1. The molecule has 0 atom stereocenters. The first-order chi connectivity index (χ1) is 9.11. The van der Waals surface area contributed by atoms with Crippen LogP contribution in [0.1, 0.15) is 38.5 Å². The molecule has 4 rings (SSSR count). The third kappa shape index (κ3) is 3.01. The molecule has 0 radical (unpaired) electrons. The summed E-state index contributed by atoms with van der Waals surface area (Å²) in [5, 5.41) is 0. The van der Waals surface area contributed by atoms with Crippen molar-refractivity contribution in [3.8, 4) is 0 Å². The van der Waals surface area contributed by atoms with Crippen molar-refractivity contribution in [1.29, 1.82) is 0 Å². The van der Waals surface area contributed by atoms with Crippen LogP contribution in [0, 0.1) is 23.2 Å². The molecule has 0 aromatic heterocycles. The number of sulfonamides is 1. The first-order valence-electron chi connectivity index (χ1n) is 6.70. The zero-order chi connectivity index (χ0) is 14.8.